The van der Waals surface area contributed by atoms with Crippen LogP contribution in [0.1, 0.15) is 25.7 Å². The number of nitrogens with zero attached hydrogens (tertiary/aromatic N) is 2. The minimum Gasteiger partial charge on any atom is -0.342 e. The summed E-state index contributed by atoms with van der Waals surface area (Å²) < 4.78 is 40.0. The number of para-hydroxylation sites is 1. The van der Waals surface area contributed by atoms with Gasteiger partial charge in [0.2, 0.25) is 11.8 Å². The van der Waals surface area contributed by atoms with Crippen molar-refractivity contribution in [1.29, 1.82) is 0 Å². The SMILES string of the molecule is O=C(CN1CCC(C(=O)N2CCC(F)(F)CC2)CC1)Nc1ccccc1F. The molecule has 5 nitrogen and oxygen atoms in total. The predicted octanol–water partition coefficient (Wildman–Crippen LogP) is 2.73. The van der Waals surface area contributed by atoms with Crippen molar-refractivity contribution < 1.29 is 22.8 Å². The molecular formula is C19H24F3N3O2. The third kappa shape index (κ3) is 5.22. The first-order valence-electron chi connectivity index (χ1n) is 9.27. The third-order valence-electron chi connectivity index (χ3n) is 5.26. The van der Waals surface area contributed by atoms with E-state index in [1.54, 1.807) is 17.0 Å². The quantitative estimate of drug-likeness (QED) is 0.870. The van der Waals surface area contributed by atoms with E-state index in [-0.39, 0.29) is 55.9 Å². The summed E-state index contributed by atoms with van der Waals surface area (Å²) in [7, 11) is 0. The lowest BCUT2D eigenvalue weighted by Gasteiger charge is -2.37. The van der Waals surface area contributed by atoms with E-state index in [1.165, 1.54) is 12.1 Å². The van der Waals surface area contributed by atoms with Crippen LogP contribution in [0.4, 0.5) is 18.9 Å². The predicted molar refractivity (Wildman–Crippen MR) is 95.0 cm³/mol. The molecule has 0 radical (unpaired) electrons. The van der Waals surface area contributed by atoms with Crippen LogP contribution in [0.15, 0.2) is 24.3 Å². The average Bonchev–Trinajstić information content (AvgIpc) is 2.64. The molecule has 2 heterocycles. The van der Waals surface area contributed by atoms with Gasteiger partial charge in [-0.25, -0.2) is 13.2 Å². The van der Waals surface area contributed by atoms with Crippen LogP contribution in [0, 0.1) is 11.7 Å². The second-order valence-corrected chi connectivity index (χ2v) is 7.26. The Balaban J connectivity index is 1.43. The Morgan fingerprint density at radius 3 is 2.33 bits per heavy atom. The highest BCUT2D eigenvalue weighted by Crippen LogP contribution is 2.29. The van der Waals surface area contributed by atoms with E-state index in [2.05, 4.69) is 5.32 Å². The third-order valence-corrected chi connectivity index (χ3v) is 5.26. The summed E-state index contributed by atoms with van der Waals surface area (Å²) in [5.74, 6) is -3.68. The highest BCUT2D eigenvalue weighted by molar-refractivity contribution is 5.92. The van der Waals surface area contributed by atoms with Gasteiger partial charge in [-0.2, -0.15) is 0 Å². The van der Waals surface area contributed by atoms with Gasteiger partial charge in [0.25, 0.3) is 5.92 Å². The Morgan fingerprint density at radius 2 is 1.70 bits per heavy atom. The molecule has 1 aromatic carbocycles. The largest absolute Gasteiger partial charge is 0.342 e. The zero-order chi connectivity index (χ0) is 19.4. The summed E-state index contributed by atoms with van der Waals surface area (Å²) in [6, 6.07) is 5.98. The highest BCUT2D eigenvalue weighted by Gasteiger charge is 2.37. The van der Waals surface area contributed by atoms with Gasteiger partial charge in [-0.15, -0.1) is 0 Å². The fraction of sp³-hybridized carbons (Fsp3) is 0.579. The number of carbonyl (C=O) groups is 2. The van der Waals surface area contributed by atoms with Crippen molar-refractivity contribution >= 4 is 17.5 Å². The lowest BCUT2D eigenvalue weighted by molar-refractivity contribution is -0.143. The van der Waals surface area contributed by atoms with E-state index in [0.717, 1.165) is 0 Å². The minimum absolute atomic E-state index is 0.0547. The molecule has 8 heteroatoms. The lowest BCUT2D eigenvalue weighted by atomic mass is 9.94. The average molecular weight is 383 g/mol. The Morgan fingerprint density at radius 1 is 1.07 bits per heavy atom. The molecular weight excluding hydrogens is 359 g/mol. The normalized spacial score (nSPS) is 21.1. The van der Waals surface area contributed by atoms with Crippen molar-refractivity contribution in [3.05, 3.63) is 30.1 Å². The van der Waals surface area contributed by atoms with E-state index < -0.39 is 11.7 Å². The summed E-state index contributed by atoms with van der Waals surface area (Å²) in [4.78, 5) is 28.1. The molecule has 2 amide bonds. The van der Waals surface area contributed by atoms with E-state index in [4.69, 9.17) is 0 Å². The van der Waals surface area contributed by atoms with E-state index in [9.17, 15) is 22.8 Å². The molecule has 0 aromatic heterocycles. The van der Waals surface area contributed by atoms with Crippen molar-refractivity contribution in [2.24, 2.45) is 5.92 Å². The van der Waals surface area contributed by atoms with Crippen LogP contribution in [-0.4, -0.2) is 60.3 Å². The second-order valence-electron chi connectivity index (χ2n) is 7.26. The van der Waals surface area contributed by atoms with Gasteiger partial charge in [-0.1, -0.05) is 12.1 Å². The maximum atomic E-state index is 13.6. The fourth-order valence-electron chi connectivity index (χ4n) is 3.61. The second kappa shape index (κ2) is 8.29. The van der Waals surface area contributed by atoms with Gasteiger partial charge in [0.05, 0.1) is 12.2 Å². The van der Waals surface area contributed by atoms with Gasteiger partial charge in [0.1, 0.15) is 5.82 Å². The number of hydrogen-bond donors (Lipinski definition) is 1. The summed E-state index contributed by atoms with van der Waals surface area (Å²) >= 11 is 0. The number of anilines is 1. The summed E-state index contributed by atoms with van der Waals surface area (Å²) in [6.07, 6.45) is 0.652. The highest BCUT2D eigenvalue weighted by atomic mass is 19.3. The number of nitrogens with one attached hydrogen (secondary N) is 1. The molecule has 0 aliphatic carbocycles. The number of carbonyl (C=O) groups excluding carboxylic acids is 2. The summed E-state index contributed by atoms with van der Waals surface area (Å²) in [5.41, 5.74) is 0.148. The van der Waals surface area contributed by atoms with Gasteiger partial charge >= 0.3 is 0 Å². The number of piperidine rings is 2. The number of hydrogen-bond acceptors (Lipinski definition) is 3. The molecule has 3 rings (SSSR count). The van der Waals surface area contributed by atoms with Crippen molar-refractivity contribution in [2.75, 3.05) is 38.0 Å². The van der Waals surface area contributed by atoms with Gasteiger partial charge in [-0.3, -0.25) is 14.5 Å². The Bertz CT molecular complexity index is 681. The topological polar surface area (TPSA) is 52.7 Å². The number of halogens is 3. The molecule has 2 aliphatic rings. The lowest BCUT2D eigenvalue weighted by Crippen LogP contribution is -2.48. The smallest absolute Gasteiger partial charge is 0.251 e. The van der Waals surface area contributed by atoms with Crippen molar-refractivity contribution in [3.63, 3.8) is 0 Å². The number of amides is 2. The van der Waals surface area contributed by atoms with Crippen LogP contribution in [0.5, 0.6) is 0 Å². The summed E-state index contributed by atoms with van der Waals surface area (Å²) in [6.45, 7) is 1.50. The van der Waals surface area contributed by atoms with Crippen LogP contribution >= 0.6 is 0 Å². The van der Waals surface area contributed by atoms with Gasteiger partial charge in [0, 0.05) is 31.8 Å². The molecule has 1 N–H and O–H groups in total. The van der Waals surface area contributed by atoms with Crippen LogP contribution in [0.2, 0.25) is 0 Å². The van der Waals surface area contributed by atoms with Crippen LogP contribution in [-0.2, 0) is 9.59 Å². The fourth-order valence-corrected chi connectivity index (χ4v) is 3.61. The van der Waals surface area contributed by atoms with Crippen molar-refractivity contribution in [2.45, 2.75) is 31.6 Å². The zero-order valence-corrected chi connectivity index (χ0v) is 15.1. The molecule has 148 valence electrons. The molecule has 2 fully saturated rings. The van der Waals surface area contributed by atoms with E-state index >= 15 is 0 Å². The monoisotopic (exact) mass is 383 g/mol. The maximum Gasteiger partial charge on any atom is 0.251 e. The first-order valence-corrected chi connectivity index (χ1v) is 9.27. The number of rotatable bonds is 4. The minimum atomic E-state index is -2.66. The molecule has 0 unspecified atom stereocenters. The first-order chi connectivity index (χ1) is 12.8. The summed E-state index contributed by atoms with van der Waals surface area (Å²) in [5, 5.41) is 2.55. The van der Waals surface area contributed by atoms with Gasteiger partial charge in [0.15, 0.2) is 0 Å². The molecule has 0 spiro atoms. The van der Waals surface area contributed by atoms with E-state index in [0.29, 0.717) is 25.9 Å². The van der Waals surface area contributed by atoms with Gasteiger partial charge < -0.3 is 10.2 Å². The van der Waals surface area contributed by atoms with Crippen molar-refractivity contribution in [3.8, 4) is 0 Å². The Hall–Kier alpha value is -2.09. The van der Waals surface area contributed by atoms with Crippen molar-refractivity contribution in [1.82, 2.24) is 9.80 Å². The van der Waals surface area contributed by atoms with Crippen LogP contribution in [0.3, 0.4) is 0 Å². The number of likely N-dealkylation sites (tertiary alicyclic amines) is 2. The number of alkyl halides is 2. The molecule has 27 heavy (non-hydrogen) atoms. The van der Waals surface area contributed by atoms with Crippen LogP contribution < -0.4 is 5.32 Å². The molecule has 0 atom stereocenters. The standard InChI is InChI=1S/C19H24F3N3O2/c20-15-3-1-2-4-16(15)23-17(26)13-24-9-5-14(6-10-24)18(27)25-11-7-19(21,22)8-12-25/h1-4,14H,5-13H2,(H,23,26). The first kappa shape index (κ1) is 19.7. The Labute approximate surface area is 156 Å². The van der Waals surface area contributed by atoms with E-state index in [1.807, 2.05) is 4.90 Å². The molecule has 1 aromatic rings. The number of benzene rings is 1. The molecule has 2 saturated heterocycles. The molecule has 0 bridgehead atoms. The molecule has 2 aliphatic heterocycles. The van der Waals surface area contributed by atoms with Gasteiger partial charge in [-0.05, 0) is 38.1 Å². The Kier molecular flexibility index (Phi) is 6.04. The molecule has 0 saturated carbocycles. The maximum absolute atomic E-state index is 13.6. The zero-order valence-electron chi connectivity index (χ0n) is 15.1. The van der Waals surface area contributed by atoms with Crippen LogP contribution in [0.25, 0.3) is 0 Å².